The molecule has 0 aliphatic carbocycles. The lowest BCUT2D eigenvalue weighted by Gasteiger charge is -2.34. The first kappa shape index (κ1) is 16.8. The quantitative estimate of drug-likeness (QED) is 0.748. The lowest BCUT2D eigenvalue weighted by molar-refractivity contribution is 0.0683. The van der Waals surface area contributed by atoms with Crippen LogP contribution in [0.15, 0.2) is 22.7 Å². The summed E-state index contributed by atoms with van der Waals surface area (Å²) in [7, 11) is 0. The third-order valence-corrected chi connectivity index (χ3v) is 4.02. The normalized spacial score (nSPS) is 17.2. The van der Waals surface area contributed by atoms with Gasteiger partial charge in [0.05, 0.1) is 6.54 Å². The van der Waals surface area contributed by atoms with Crippen LogP contribution in [0.1, 0.15) is 31.7 Å². The number of halogens is 1. The number of nitrogens with zero attached hydrogens (tertiary/aromatic N) is 5. The molecule has 8 heteroatoms. The highest BCUT2D eigenvalue weighted by Gasteiger charge is 2.21. The van der Waals surface area contributed by atoms with Crippen molar-refractivity contribution in [2.75, 3.05) is 37.7 Å². The highest BCUT2D eigenvalue weighted by Crippen LogP contribution is 2.16. The number of hydrogen-bond acceptors (Lipinski definition) is 7. The minimum Gasteiger partial charge on any atom is -0.371 e. The second-order valence-corrected chi connectivity index (χ2v) is 5.73. The summed E-state index contributed by atoms with van der Waals surface area (Å²) >= 11 is 0. The van der Waals surface area contributed by atoms with Crippen LogP contribution in [0.3, 0.4) is 0 Å². The predicted octanol–water partition coefficient (Wildman–Crippen LogP) is 2.02. The fraction of sp³-hybridized carbons (Fsp3) is 0.562. The van der Waals surface area contributed by atoms with Crippen LogP contribution in [0.2, 0.25) is 0 Å². The van der Waals surface area contributed by atoms with Crippen molar-refractivity contribution >= 4 is 5.82 Å². The molecule has 130 valence electrons. The molecule has 24 heavy (non-hydrogen) atoms. The lowest BCUT2D eigenvalue weighted by Crippen LogP contribution is -2.46. The van der Waals surface area contributed by atoms with Crippen molar-refractivity contribution in [3.63, 3.8) is 0 Å². The van der Waals surface area contributed by atoms with Gasteiger partial charge in [-0.2, -0.15) is 9.37 Å². The largest absolute Gasteiger partial charge is 0.371 e. The third kappa shape index (κ3) is 4.07. The number of pyridine rings is 1. The van der Waals surface area contributed by atoms with Crippen molar-refractivity contribution in [3.05, 3.63) is 35.9 Å². The van der Waals surface area contributed by atoms with E-state index in [0.717, 1.165) is 26.2 Å². The number of anilines is 1. The zero-order valence-electron chi connectivity index (χ0n) is 14.0. The van der Waals surface area contributed by atoms with Gasteiger partial charge in [0.25, 0.3) is 0 Å². The van der Waals surface area contributed by atoms with E-state index in [1.54, 1.807) is 6.07 Å². The predicted molar refractivity (Wildman–Crippen MR) is 86.0 cm³/mol. The summed E-state index contributed by atoms with van der Waals surface area (Å²) in [5.41, 5.74) is 0. The molecule has 3 heterocycles. The Balaban J connectivity index is 1.52. The summed E-state index contributed by atoms with van der Waals surface area (Å²) in [5, 5.41) is 3.97. The lowest BCUT2D eigenvalue weighted by atomic mass is 10.3. The standard InChI is InChI=1S/C16H22FN5O2/c1-3-23-12(2)16-19-15(24-20-16)11-21-7-9-22(10-8-21)14-6-4-5-13(17)18-14/h4-6,12H,3,7-11H2,1-2H3/t12-/m1/s1. The maximum Gasteiger partial charge on any atom is 0.240 e. The third-order valence-electron chi connectivity index (χ3n) is 4.02. The van der Waals surface area contributed by atoms with Crippen LogP contribution in [0.5, 0.6) is 0 Å². The van der Waals surface area contributed by atoms with Crippen molar-refractivity contribution in [2.45, 2.75) is 26.5 Å². The van der Waals surface area contributed by atoms with Crippen molar-refractivity contribution < 1.29 is 13.7 Å². The second kappa shape index (κ2) is 7.67. The molecule has 0 aromatic carbocycles. The monoisotopic (exact) mass is 335 g/mol. The first-order chi connectivity index (χ1) is 11.7. The van der Waals surface area contributed by atoms with E-state index in [4.69, 9.17) is 9.26 Å². The second-order valence-electron chi connectivity index (χ2n) is 5.73. The van der Waals surface area contributed by atoms with Crippen LogP contribution < -0.4 is 4.90 Å². The SMILES string of the molecule is CCO[C@H](C)c1noc(CN2CCN(c3cccc(F)n3)CC2)n1. The summed E-state index contributed by atoms with van der Waals surface area (Å²) < 4.78 is 24.0. The maximum atomic E-state index is 13.2. The van der Waals surface area contributed by atoms with Gasteiger partial charge in [0, 0.05) is 32.8 Å². The topological polar surface area (TPSA) is 67.5 Å². The molecule has 3 rings (SSSR count). The molecule has 0 radical (unpaired) electrons. The summed E-state index contributed by atoms with van der Waals surface area (Å²) in [6.45, 7) is 8.29. The van der Waals surface area contributed by atoms with Crippen molar-refractivity contribution in [3.8, 4) is 0 Å². The molecule has 0 amide bonds. The number of piperazine rings is 1. The fourth-order valence-electron chi connectivity index (χ4n) is 2.72. The van der Waals surface area contributed by atoms with E-state index in [9.17, 15) is 4.39 Å². The molecule has 2 aromatic heterocycles. The molecule has 2 aromatic rings. The Morgan fingerprint density at radius 2 is 2.04 bits per heavy atom. The van der Waals surface area contributed by atoms with E-state index in [0.29, 0.717) is 30.7 Å². The van der Waals surface area contributed by atoms with Gasteiger partial charge in [-0.15, -0.1) is 0 Å². The zero-order chi connectivity index (χ0) is 16.9. The fourth-order valence-corrected chi connectivity index (χ4v) is 2.72. The zero-order valence-corrected chi connectivity index (χ0v) is 14.0. The number of aromatic nitrogens is 3. The van der Waals surface area contributed by atoms with E-state index in [2.05, 4.69) is 24.9 Å². The van der Waals surface area contributed by atoms with E-state index >= 15 is 0 Å². The van der Waals surface area contributed by atoms with Crippen LogP contribution in [0.4, 0.5) is 10.2 Å². The molecule has 1 atom stereocenters. The number of hydrogen-bond donors (Lipinski definition) is 0. The van der Waals surface area contributed by atoms with Crippen LogP contribution in [0.25, 0.3) is 0 Å². The van der Waals surface area contributed by atoms with Gasteiger partial charge in [0.1, 0.15) is 11.9 Å². The Kier molecular flexibility index (Phi) is 5.37. The molecule has 1 aliphatic rings. The Morgan fingerprint density at radius 3 is 2.75 bits per heavy atom. The summed E-state index contributed by atoms with van der Waals surface area (Å²) in [6.07, 6.45) is -0.164. The van der Waals surface area contributed by atoms with Crippen LogP contribution in [-0.2, 0) is 11.3 Å². The van der Waals surface area contributed by atoms with Crippen molar-refractivity contribution in [1.82, 2.24) is 20.0 Å². The number of rotatable bonds is 6. The maximum absolute atomic E-state index is 13.2. The molecular formula is C16H22FN5O2. The van der Waals surface area contributed by atoms with Crippen LogP contribution in [-0.4, -0.2) is 52.8 Å². The van der Waals surface area contributed by atoms with E-state index in [1.165, 1.54) is 6.07 Å². The Hall–Kier alpha value is -2.06. The highest BCUT2D eigenvalue weighted by atomic mass is 19.1. The van der Waals surface area contributed by atoms with E-state index in [1.807, 2.05) is 19.9 Å². The van der Waals surface area contributed by atoms with Gasteiger partial charge < -0.3 is 14.2 Å². The van der Waals surface area contributed by atoms with Gasteiger partial charge >= 0.3 is 0 Å². The first-order valence-electron chi connectivity index (χ1n) is 8.19. The summed E-state index contributed by atoms with van der Waals surface area (Å²) in [6, 6.07) is 4.87. The minimum absolute atomic E-state index is 0.164. The Labute approximate surface area is 140 Å². The average Bonchev–Trinajstić information content (AvgIpc) is 3.04. The van der Waals surface area contributed by atoms with Gasteiger partial charge in [0.2, 0.25) is 11.8 Å². The molecule has 1 aliphatic heterocycles. The van der Waals surface area contributed by atoms with Gasteiger partial charge in [-0.05, 0) is 26.0 Å². The molecule has 7 nitrogen and oxygen atoms in total. The first-order valence-corrected chi connectivity index (χ1v) is 8.19. The molecule has 1 fully saturated rings. The summed E-state index contributed by atoms with van der Waals surface area (Å²) in [4.78, 5) is 12.6. The molecule has 0 saturated carbocycles. The van der Waals surface area contributed by atoms with Crippen LogP contribution in [0, 0.1) is 5.95 Å². The number of ether oxygens (including phenoxy) is 1. The molecule has 0 unspecified atom stereocenters. The van der Waals surface area contributed by atoms with Gasteiger partial charge in [-0.25, -0.2) is 4.98 Å². The van der Waals surface area contributed by atoms with E-state index in [-0.39, 0.29) is 6.10 Å². The van der Waals surface area contributed by atoms with Crippen molar-refractivity contribution in [1.29, 1.82) is 0 Å². The Morgan fingerprint density at radius 1 is 1.25 bits per heavy atom. The molecular weight excluding hydrogens is 313 g/mol. The van der Waals surface area contributed by atoms with Crippen molar-refractivity contribution in [2.24, 2.45) is 0 Å². The summed E-state index contributed by atoms with van der Waals surface area (Å²) in [5.74, 6) is 1.40. The Bertz CT molecular complexity index is 657. The molecule has 0 bridgehead atoms. The average molecular weight is 335 g/mol. The minimum atomic E-state index is -0.447. The van der Waals surface area contributed by atoms with E-state index < -0.39 is 5.95 Å². The molecule has 0 spiro atoms. The van der Waals surface area contributed by atoms with Gasteiger partial charge in [-0.1, -0.05) is 11.2 Å². The van der Waals surface area contributed by atoms with Crippen LogP contribution >= 0.6 is 0 Å². The molecule has 1 saturated heterocycles. The molecule has 0 N–H and O–H groups in total. The van der Waals surface area contributed by atoms with Gasteiger partial charge in [-0.3, -0.25) is 4.90 Å². The van der Waals surface area contributed by atoms with Gasteiger partial charge in [0.15, 0.2) is 5.82 Å². The highest BCUT2D eigenvalue weighted by molar-refractivity contribution is 5.38. The smallest absolute Gasteiger partial charge is 0.240 e.